The molecule has 2 nitrogen and oxygen atoms in total. The minimum absolute atomic E-state index is 0.0518. The number of hydrogen-bond acceptors (Lipinski definition) is 2. The molecule has 1 aliphatic rings. The standard InChI is InChI=1S/C14H20ClNO/c1-8-5-13(15)9(2)4-12(8)14(16)11-6-10(3)17-7-11/h4-5,10-11,14H,6-7,16H2,1-3H3. The van der Waals surface area contributed by atoms with Gasteiger partial charge in [-0.15, -0.1) is 0 Å². The summed E-state index contributed by atoms with van der Waals surface area (Å²) in [5.74, 6) is 0.421. The van der Waals surface area contributed by atoms with Gasteiger partial charge in [0.05, 0.1) is 12.7 Å². The molecule has 0 aliphatic carbocycles. The van der Waals surface area contributed by atoms with Crippen molar-refractivity contribution in [1.82, 2.24) is 0 Å². The lowest BCUT2D eigenvalue weighted by Gasteiger charge is -2.21. The summed E-state index contributed by atoms with van der Waals surface area (Å²) < 4.78 is 5.60. The Hall–Kier alpha value is -0.570. The Balaban J connectivity index is 2.24. The molecule has 1 heterocycles. The van der Waals surface area contributed by atoms with E-state index in [0.29, 0.717) is 12.0 Å². The first-order valence-electron chi connectivity index (χ1n) is 6.13. The van der Waals surface area contributed by atoms with Crippen LogP contribution in [0, 0.1) is 19.8 Å². The van der Waals surface area contributed by atoms with E-state index < -0.39 is 0 Å². The first kappa shape index (κ1) is 12.9. The zero-order valence-electron chi connectivity index (χ0n) is 10.7. The van der Waals surface area contributed by atoms with E-state index in [0.717, 1.165) is 23.6 Å². The van der Waals surface area contributed by atoms with Crippen molar-refractivity contribution < 1.29 is 4.74 Å². The predicted octanol–water partition coefficient (Wildman–Crippen LogP) is 3.38. The van der Waals surface area contributed by atoms with Gasteiger partial charge in [-0.05, 0) is 49.9 Å². The van der Waals surface area contributed by atoms with Gasteiger partial charge in [-0.1, -0.05) is 17.7 Å². The van der Waals surface area contributed by atoms with E-state index >= 15 is 0 Å². The maximum Gasteiger partial charge on any atom is 0.0551 e. The van der Waals surface area contributed by atoms with Crippen LogP contribution in [0.25, 0.3) is 0 Å². The zero-order valence-corrected chi connectivity index (χ0v) is 11.4. The maximum atomic E-state index is 6.36. The predicted molar refractivity (Wildman–Crippen MR) is 71.4 cm³/mol. The number of aryl methyl sites for hydroxylation is 2. The molecule has 1 aromatic rings. The fraction of sp³-hybridized carbons (Fsp3) is 0.571. The summed E-state index contributed by atoms with van der Waals surface area (Å²) in [4.78, 5) is 0. The van der Waals surface area contributed by atoms with Gasteiger partial charge in [0.1, 0.15) is 0 Å². The van der Waals surface area contributed by atoms with Crippen molar-refractivity contribution in [1.29, 1.82) is 0 Å². The molecule has 2 rings (SSSR count). The highest BCUT2D eigenvalue weighted by Gasteiger charge is 2.29. The normalized spacial score (nSPS) is 26.2. The lowest BCUT2D eigenvalue weighted by molar-refractivity contribution is 0.118. The highest BCUT2D eigenvalue weighted by molar-refractivity contribution is 6.31. The van der Waals surface area contributed by atoms with Crippen LogP contribution >= 0.6 is 11.6 Å². The molecular weight excluding hydrogens is 234 g/mol. The van der Waals surface area contributed by atoms with Crippen molar-refractivity contribution in [2.75, 3.05) is 6.61 Å². The van der Waals surface area contributed by atoms with Gasteiger partial charge in [0.25, 0.3) is 0 Å². The largest absolute Gasteiger partial charge is 0.378 e. The van der Waals surface area contributed by atoms with Crippen LogP contribution in [0.1, 0.15) is 36.1 Å². The number of benzene rings is 1. The Bertz CT molecular complexity index is 419. The molecule has 0 radical (unpaired) electrons. The van der Waals surface area contributed by atoms with E-state index in [1.54, 1.807) is 0 Å². The summed E-state index contributed by atoms with van der Waals surface area (Å²) in [6, 6.07) is 4.17. The third-order valence-corrected chi connectivity index (χ3v) is 4.05. The second-order valence-electron chi connectivity index (χ2n) is 5.12. The van der Waals surface area contributed by atoms with Crippen molar-refractivity contribution in [3.8, 4) is 0 Å². The summed E-state index contributed by atoms with van der Waals surface area (Å²) in [5, 5.41) is 0.814. The molecule has 0 saturated carbocycles. The van der Waals surface area contributed by atoms with Crippen molar-refractivity contribution in [3.63, 3.8) is 0 Å². The Morgan fingerprint density at radius 3 is 2.65 bits per heavy atom. The molecule has 1 aliphatic heterocycles. The van der Waals surface area contributed by atoms with Gasteiger partial charge in [-0.25, -0.2) is 0 Å². The van der Waals surface area contributed by atoms with Crippen LogP contribution in [0.5, 0.6) is 0 Å². The molecule has 3 atom stereocenters. The van der Waals surface area contributed by atoms with Crippen molar-refractivity contribution in [2.24, 2.45) is 11.7 Å². The van der Waals surface area contributed by atoms with E-state index in [9.17, 15) is 0 Å². The molecule has 1 aromatic carbocycles. The molecule has 1 saturated heterocycles. The molecule has 0 aromatic heterocycles. The Labute approximate surface area is 108 Å². The second kappa shape index (κ2) is 4.97. The molecule has 0 amide bonds. The fourth-order valence-corrected chi connectivity index (χ4v) is 2.74. The van der Waals surface area contributed by atoms with Crippen LogP contribution < -0.4 is 5.73 Å². The number of ether oxygens (including phenoxy) is 1. The quantitative estimate of drug-likeness (QED) is 0.877. The lowest BCUT2D eigenvalue weighted by atomic mass is 9.88. The van der Waals surface area contributed by atoms with Gasteiger partial charge < -0.3 is 10.5 Å². The van der Waals surface area contributed by atoms with E-state index in [1.807, 2.05) is 13.0 Å². The Morgan fingerprint density at radius 2 is 2.06 bits per heavy atom. The SMILES string of the molecule is Cc1cc(C(N)C2COC(C)C2)c(C)cc1Cl. The molecule has 2 N–H and O–H groups in total. The van der Waals surface area contributed by atoms with Gasteiger partial charge in [0.2, 0.25) is 0 Å². The molecule has 94 valence electrons. The number of halogens is 1. The van der Waals surface area contributed by atoms with E-state index in [1.165, 1.54) is 11.1 Å². The molecule has 0 bridgehead atoms. The molecule has 0 spiro atoms. The van der Waals surface area contributed by atoms with Crippen LogP contribution in [-0.4, -0.2) is 12.7 Å². The van der Waals surface area contributed by atoms with E-state index in [2.05, 4.69) is 19.9 Å². The van der Waals surface area contributed by atoms with Gasteiger partial charge >= 0.3 is 0 Å². The summed E-state index contributed by atoms with van der Waals surface area (Å²) in [5.41, 5.74) is 9.83. The summed E-state index contributed by atoms with van der Waals surface area (Å²) in [6.07, 6.45) is 1.38. The third-order valence-electron chi connectivity index (χ3n) is 3.64. The molecular formula is C14H20ClNO. The summed E-state index contributed by atoms with van der Waals surface area (Å²) in [6.45, 7) is 6.96. The van der Waals surface area contributed by atoms with Gasteiger partial charge in [-0.2, -0.15) is 0 Å². The van der Waals surface area contributed by atoms with Crippen LogP contribution in [0.15, 0.2) is 12.1 Å². The Kier molecular flexibility index (Phi) is 3.76. The summed E-state index contributed by atoms with van der Waals surface area (Å²) >= 11 is 6.11. The molecule has 17 heavy (non-hydrogen) atoms. The lowest BCUT2D eigenvalue weighted by Crippen LogP contribution is -2.22. The van der Waals surface area contributed by atoms with Gasteiger partial charge in [0.15, 0.2) is 0 Å². The monoisotopic (exact) mass is 253 g/mol. The highest BCUT2D eigenvalue weighted by Crippen LogP contribution is 2.33. The topological polar surface area (TPSA) is 35.2 Å². The second-order valence-corrected chi connectivity index (χ2v) is 5.53. The van der Waals surface area contributed by atoms with Crippen LogP contribution in [-0.2, 0) is 4.74 Å². The molecule has 3 heteroatoms. The average molecular weight is 254 g/mol. The van der Waals surface area contributed by atoms with Gasteiger partial charge in [-0.3, -0.25) is 0 Å². The minimum atomic E-state index is 0.0518. The van der Waals surface area contributed by atoms with Crippen LogP contribution in [0.2, 0.25) is 5.02 Å². The first-order valence-corrected chi connectivity index (χ1v) is 6.50. The van der Waals surface area contributed by atoms with Crippen LogP contribution in [0.3, 0.4) is 0 Å². The van der Waals surface area contributed by atoms with Crippen molar-refractivity contribution in [3.05, 3.63) is 33.8 Å². The number of hydrogen-bond donors (Lipinski definition) is 1. The maximum absolute atomic E-state index is 6.36. The molecule has 1 fully saturated rings. The fourth-order valence-electron chi connectivity index (χ4n) is 2.52. The Morgan fingerprint density at radius 1 is 1.35 bits per heavy atom. The highest BCUT2D eigenvalue weighted by atomic mass is 35.5. The number of rotatable bonds is 2. The summed E-state index contributed by atoms with van der Waals surface area (Å²) in [7, 11) is 0. The van der Waals surface area contributed by atoms with Crippen LogP contribution in [0.4, 0.5) is 0 Å². The third kappa shape index (κ3) is 2.65. The zero-order chi connectivity index (χ0) is 12.6. The molecule has 3 unspecified atom stereocenters. The average Bonchev–Trinajstić information content (AvgIpc) is 2.69. The number of nitrogens with two attached hydrogens (primary N) is 1. The van der Waals surface area contributed by atoms with Crippen molar-refractivity contribution in [2.45, 2.75) is 39.3 Å². The minimum Gasteiger partial charge on any atom is -0.378 e. The smallest absolute Gasteiger partial charge is 0.0551 e. The van der Waals surface area contributed by atoms with E-state index in [-0.39, 0.29) is 6.04 Å². The van der Waals surface area contributed by atoms with Gasteiger partial charge in [0, 0.05) is 17.0 Å². The van der Waals surface area contributed by atoms with Crippen molar-refractivity contribution >= 4 is 11.6 Å². The van der Waals surface area contributed by atoms with E-state index in [4.69, 9.17) is 22.1 Å². The first-order chi connectivity index (χ1) is 7.99.